The lowest BCUT2D eigenvalue weighted by atomic mass is 9.69. The van der Waals surface area contributed by atoms with Gasteiger partial charge in [-0.2, -0.15) is 0 Å². The van der Waals surface area contributed by atoms with Gasteiger partial charge in [0.2, 0.25) is 5.91 Å². The van der Waals surface area contributed by atoms with Crippen LogP contribution in [0.1, 0.15) is 105 Å². The Morgan fingerprint density at radius 3 is 2.44 bits per heavy atom. The van der Waals surface area contributed by atoms with E-state index < -0.39 is 17.8 Å². The molecule has 2 atom stereocenters. The largest absolute Gasteiger partial charge is 0.481 e. The summed E-state index contributed by atoms with van der Waals surface area (Å²) in [4.78, 5) is 25.1. The number of carboxylic acids is 1. The predicted molar refractivity (Wildman–Crippen MR) is 132 cm³/mol. The number of anilines is 1. The van der Waals surface area contributed by atoms with Gasteiger partial charge in [-0.15, -0.1) is 0 Å². The summed E-state index contributed by atoms with van der Waals surface area (Å²) in [7, 11) is 0. The van der Waals surface area contributed by atoms with Crippen molar-refractivity contribution in [2.45, 2.75) is 90.9 Å². The molecule has 0 saturated heterocycles. The van der Waals surface area contributed by atoms with Crippen LogP contribution < -0.4 is 5.32 Å². The summed E-state index contributed by atoms with van der Waals surface area (Å²) in [5, 5.41) is 17.3. The summed E-state index contributed by atoms with van der Waals surface area (Å²) >= 11 is 0. The number of aryl methyl sites for hydroxylation is 2. The molecule has 1 aromatic heterocycles. The van der Waals surface area contributed by atoms with Gasteiger partial charge in [0.05, 0.1) is 11.6 Å². The van der Waals surface area contributed by atoms with Crippen LogP contribution in [0.3, 0.4) is 0 Å². The summed E-state index contributed by atoms with van der Waals surface area (Å²) in [5.74, 6) is 0.733. The number of nitrogens with zero attached hydrogens (tertiary/aromatic N) is 1. The first-order valence-corrected chi connectivity index (χ1v) is 12.7. The molecule has 4 rings (SSSR count). The normalized spacial score (nSPS) is 21.7. The average molecular weight is 467 g/mol. The molecule has 1 amide bonds. The molecule has 0 radical (unpaired) electrons. The van der Waals surface area contributed by atoms with E-state index in [2.05, 4.69) is 24.3 Å². The third-order valence-corrected chi connectivity index (χ3v) is 7.59. The molecule has 2 saturated carbocycles. The quantitative estimate of drug-likeness (QED) is 0.415. The maximum Gasteiger partial charge on any atom is 0.306 e. The molecule has 0 aliphatic heterocycles. The zero-order valence-electron chi connectivity index (χ0n) is 21.1. The summed E-state index contributed by atoms with van der Waals surface area (Å²) in [6.45, 7) is 10.2. The molecule has 6 nitrogen and oxygen atoms in total. The highest BCUT2D eigenvalue weighted by Crippen LogP contribution is 2.53. The monoisotopic (exact) mass is 466 g/mol. The van der Waals surface area contributed by atoms with Gasteiger partial charge in [0.25, 0.3) is 0 Å². The van der Waals surface area contributed by atoms with Crippen LogP contribution in [0.2, 0.25) is 0 Å². The molecular formula is C28H38N2O4. The first-order chi connectivity index (χ1) is 16.1. The van der Waals surface area contributed by atoms with E-state index in [4.69, 9.17) is 4.52 Å². The average Bonchev–Trinajstić information content (AvgIpc) is 3.49. The van der Waals surface area contributed by atoms with Crippen LogP contribution in [0.5, 0.6) is 0 Å². The smallest absolute Gasteiger partial charge is 0.306 e. The van der Waals surface area contributed by atoms with Crippen molar-refractivity contribution in [3.8, 4) is 0 Å². The Kier molecular flexibility index (Phi) is 7.15. The van der Waals surface area contributed by atoms with E-state index in [1.807, 2.05) is 32.0 Å². The molecule has 2 aliphatic rings. The van der Waals surface area contributed by atoms with Gasteiger partial charge in [-0.3, -0.25) is 9.59 Å². The number of amides is 1. The Bertz CT molecular complexity index is 1050. The van der Waals surface area contributed by atoms with Crippen molar-refractivity contribution in [1.82, 2.24) is 5.16 Å². The van der Waals surface area contributed by atoms with Crippen molar-refractivity contribution < 1.29 is 19.2 Å². The lowest BCUT2D eigenvalue weighted by molar-refractivity contribution is -0.142. The fraction of sp³-hybridized carbons (Fsp3) is 0.607. The third kappa shape index (κ3) is 5.37. The second-order valence-electron chi connectivity index (χ2n) is 11.1. The number of aliphatic carboxylic acids is 1. The minimum Gasteiger partial charge on any atom is -0.481 e. The summed E-state index contributed by atoms with van der Waals surface area (Å²) in [5.41, 5.74) is 4.66. The molecule has 0 bridgehead atoms. The standard InChI is InChI=1S/C28H38N2O4/c1-15(2)10-19-12-21(13-19)27-25(20-7-8-20)26(30-34-27)22(18(5)28(32)33)14-24(31)29-23-9-6-16(3)11-17(23)4/h6,9,11,15,18-22H,7-8,10,12-14H2,1-5H3,(H,29,31)(H,32,33). The van der Waals surface area contributed by atoms with Gasteiger partial charge in [0.1, 0.15) is 5.76 Å². The van der Waals surface area contributed by atoms with Crippen LogP contribution in [-0.2, 0) is 9.59 Å². The first-order valence-electron chi connectivity index (χ1n) is 12.7. The summed E-state index contributed by atoms with van der Waals surface area (Å²) in [6.07, 6.45) is 5.66. The molecule has 2 fully saturated rings. The first kappa shape index (κ1) is 24.5. The topological polar surface area (TPSA) is 92.4 Å². The highest BCUT2D eigenvalue weighted by Gasteiger charge is 2.43. The number of carbonyl (C=O) groups excluding carboxylic acids is 1. The molecule has 1 heterocycles. The van der Waals surface area contributed by atoms with Crippen molar-refractivity contribution in [3.05, 3.63) is 46.3 Å². The fourth-order valence-corrected chi connectivity index (χ4v) is 5.51. The summed E-state index contributed by atoms with van der Waals surface area (Å²) in [6, 6.07) is 5.87. The molecule has 2 N–H and O–H groups in total. The Balaban J connectivity index is 1.56. The van der Waals surface area contributed by atoms with Gasteiger partial charge in [-0.25, -0.2) is 0 Å². The second-order valence-corrected chi connectivity index (χ2v) is 11.1. The lowest BCUT2D eigenvalue weighted by Gasteiger charge is -2.35. The Morgan fingerprint density at radius 2 is 1.85 bits per heavy atom. The van der Waals surface area contributed by atoms with E-state index >= 15 is 0 Å². The van der Waals surface area contributed by atoms with Crippen molar-refractivity contribution >= 4 is 17.6 Å². The van der Waals surface area contributed by atoms with Crippen LogP contribution in [0.15, 0.2) is 22.7 Å². The van der Waals surface area contributed by atoms with Crippen molar-refractivity contribution in [2.75, 3.05) is 5.32 Å². The highest BCUT2D eigenvalue weighted by molar-refractivity contribution is 5.92. The SMILES string of the molecule is Cc1ccc(NC(=O)CC(c2noc(C3CC(CC(C)C)C3)c2C2CC2)C(C)C(=O)O)c(C)c1. The fourth-order valence-electron chi connectivity index (χ4n) is 5.51. The lowest BCUT2D eigenvalue weighted by Crippen LogP contribution is -2.26. The maximum atomic E-state index is 13.0. The van der Waals surface area contributed by atoms with E-state index in [-0.39, 0.29) is 12.3 Å². The van der Waals surface area contributed by atoms with Crippen molar-refractivity contribution in [1.29, 1.82) is 0 Å². The van der Waals surface area contributed by atoms with Gasteiger partial charge >= 0.3 is 5.97 Å². The van der Waals surface area contributed by atoms with E-state index in [0.29, 0.717) is 23.4 Å². The number of hydrogen-bond donors (Lipinski definition) is 2. The number of aromatic nitrogens is 1. The van der Waals surface area contributed by atoms with Crippen LogP contribution in [0, 0.1) is 31.6 Å². The molecular weight excluding hydrogens is 428 g/mol. The number of hydrogen-bond acceptors (Lipinski definition) is 4. The van der Waals surface area contributed by atoms with Crippen LogP contribution in [0.4, 0.5) is 5.69 Å². The van der Waals surface area contributed by atoms with E-state index in [0.717, 1.165) is 59.7 Å². The highest BCUT2D eigenvalue weighted by atomic mass is 16.5. The molecule has 2 unspecified atom stereocenters. The van der Waals surface area contributed by atoms with Crippen LogP contribution in [-0.4, -0.2) is 22.1 Å². The maximum absolute atomic E-state index is 13.0. The molecule has 184 valence electrons. The van der Waals surface area contributed by atoms with Gasteiger partial charge in [-0.05, 0) is 75.3 Å². The number of carbonyl (C=O) groups is 2. The molecule has 34 heavy (non-hydrogen) atoms. The Hall–Kier alpha value is -2.63. The van der Waals surface area contributed by atoms with E-state index in [1.165, 1.54) is 6.42 Å². The van der Waals surface area contributed by atoms with Gasteiger partial charge in [0, 0.05) is 29.5 Å². The van der Waals surface area contributed by atoms with Crippen LogP contribution >= 0.6 is 0 Å². The minimum absolute atomic E-state index is 0.0626. The zero-order chi connectivity index (χ0) is 24.6. The Labute approximate surface area is 202 Å². The number of rotatable bonds is 10. The molecule has 2 aromatic rings. The van der Waals surface area contributed by atoms with Gasteiger partial charge in [0.15, 0.2) is 0 Å². The Morgan fingerprint density at radius 1 is 1.15 bits per heavy atom. The molecule has 6 heteroatoms. The van der Waals surface area contributed by atoms with Crippen LogP contribution in [0.25, 0.3) is 0 Å². The molecule has 0 spiro atoms. The molecule has 2 aliphatic carbocycles. The predicted octanol–water partition coefficient (Wildman–Crippen LogP) is 6.54. The number of nitrogens with one attached hydrogen (secondary N) is 1. The zero-order valence-corrected chi connectivity index (χ0v) is 21.1. The number of benzene rings is 1. The van der Waals surface area contributed by atoms with Crippen molar-refractivity contribution in [3.63, 3.8) is 0 Å². The second kappa shape index (κ2) is 9.93. The number of carboxylic acid groups (broad SMARTS) is 1. The van der Waals surface area contributed by atoms with Gasteiger partial charge in [-0.1, -0.05) is 43.6 Å². The molecule has 1 aromatic carbocycles. The third-order valence-electron chi connectivity index (χ3n) is 7.59. The van der Waals surface area contributed by atoms with Gasteiger partial charge < -0.3 is 14.9 Å². The van der Waals surface area contributed by atoms with E-state index in [9.17, 15) is 14.7 Å². The van der Waals surface area contributed by atoms with Crippen molar-refractivity contribution in [2.24, 2.45) is 17.8 Å². The minimum atomic E-state index is -0.920. The summed E-state index contributed by atoms with van der Waals surface area (Å²) < 4.78 is 5.92. The van der Waals surface area contributed by atoms with E-state index in [1.54, 1.807) is 6.92 Å².